The number of halogens is 2. The maximum atomic E-state index is 4.24. The third-order valence-corrected chi connectivity index (χ3v) is 2.68. The van der Waals surface area contributed by atoms with E-state index in [0.717, 1.165) is 15.9 Å². The number of rotatable bonds is 1. The standard InChI is InChI=1S/C9H5Br2N3/c10-8-6(2-1-4-12-8)7-3-5-13-9(11)14-7/h1-5H. The summed E-state index contributed by atoms with van der Waals surface area (Å²) >= 11 is 6.60. The van der Waals surface area contributed by atoms with Crippen molar-refractivity contribution in [2.45, 2.75) is 0 Å². The van der Waals surface area contributed by atoms with Crippen molar-refractivity contribution in [3.8, 4) is 11.3 Å². The fourth-order valence-electron chi connectivity index (χ4n) is 1.06. The summed E-state index contributed by atoms with van der Waals surface area (Å²) < 4.78 is 1.36. The Hall–Kier alpha value is -0.810. The van der Waals surface area contributed by atoms with E-state index in [4.69, 9.17) is 0 Å². The molecule has 0 saturated heterocycles. The predicted octanol–water partition coefficient (Wildman–Crippen LogP) is 3.06. The molecule has 2 heterocycles. The lowest BCUT2D eigenvalue weighted by Crippen LogP contribution is -1.88. The molecule has 0 aliphatic heterocycles. The van der Waals surface area contributed by atoms with Crippen LogP contribution in [0, 0.1) is 0 Å². The molecule has 5 heteroatoms. The third kappa shape index (κ3) is 1.99. The zero-order valence-electron chi connectivity index (χ0n) is 6.98. The van der Waals surface area contributed by atoms with E-state index < -0.39 is 0 Å². The van der Waals surface area contributed by atoms with Gasteiger partial charge in [0, 0.05) is 18.0 Å². The summed E-state index contributed by atoms with van der Waals surface area (Å²) in [7, 11) is 0. The van der Waals surface area contributed by atoms with E-state index in [9.17, 15) is 0 Å². The fourth-order valence-corrected chi connectivity index (χ4v) is 1.82. The topological polar surface area (TPSA) is 38.7 Å². The van der Waals surface area contributed by atoms with Gasteiger partial charge >= 0.3 is 0 Å². The first-order valence-corrected chi connectivity index (χ1v) is 5.45. The van der Waals surface area contributed by atoms with Crippen molar-refractivity contribution in [3.63, 3.8) is 0 Å². The van der Waals surface area contributed by atoms with E-state index in [1.807, 2.05) is 18.2 Å². The second-order valence-electron chi connectivity index (χ2n) is 2.55. The van der Waals surface area contributed by atoms with Crippen LogP contribution < -0.4 is 0 Å². The second kappa shape index (κ2) is 4.14. The molecule has 0 N–H and O–H groups in total. The van der Waals surface area contributed by atoms with Gasteiger partial charge in [-0.2, -0.15) is 0 Å². The monoisotopic (exact) mass is 313 g/mol. The van der Waals surface area contributed by atoms with Crippen LogP contribution in [0.3, 0.4) is 0 Å². The maximum absolute atomic E-state index is 4.24. The molecule has 0 aliphatic rings. The Bertz CT molecular complexity index is 459. The van der Waals surface area contributed by atoms with Crippen LogP contribution in [0.1, 0.15) is 0 Å². The van der Waals surface area contributed by atoms with Crippen LogP contribution in [0.15, 0.2) is 39.9 Å². The Kier molecular flexibility index (Phi) is 2.88. The lowest BCUT2D eigenvalue weighted by Gasteiger charge is -2.01. The Morgan fingerprint density at radius 1 is 1.00 bits per heavy atom. The summed E-state index contributed by atoms with van der Waals surface area (Å²) in [5, 5.41) is 0. The molecule has 70 valence electrons. The quantitative estimate of drug-likeness (QED) is 0.600. The molecule has 0 spiro atoms. The minimum atomic E-state index is 0.575. The van der Waals surface area contributed by atoms with Crippen LogP contribution >= 0.6 is 31.9 Å². The molecule has 0 aliphatic carbocycles. The lowest BCUT2D eigenvalue weighted by atomic mass is 10.2. The molecule has 0 fully saturated rings. The number of hydrogen-bond donors (Lipinski definition) is 0. The highest BCUT2D eigenvalue weighted by Crippen LogP contribution is 2.24. The van der Waals surface area contributed by atoms with Gasteiger partial charge in [0.2, 0.25) is 0 Å². The lowest BCUT2D eigenvalue weighted by molar-refractivity contribution is 1.11. The number of hydrogen-bond acceptors (Lipinski definition) is 3. The van der Waals surface area contributed by atoms with Gasteiger partial charge in [-0.05, 0) is 50.1 Å². The normalized spacial score (nSPS) is 10.1. The summed E-state index contributed by atoms with van der Waals surface area (Å²) in [4.78, 5) is 12.3. The summed E-state index contributed by atoms with van der Waals surface area (Å²) in [5.74, 6) is 0. The summed E-state index contributed by atoms with van der Waals surface area (Å²) in [5.41, 5.74) is 1.79. The van der Waals surface area contributed by atoms with Gasteiger partial charge in [-0.25, -0.2) is 15.0 Å². The van der Waals surface area contributed by atoms with Gasteiger partial charge in [0.15, 0.2) is 4.73 Å². The van der Waals surface area contributed by atoms with E-state index in [1.54, 1.807) is 12.4 Å². The van der Waals surface area contributed by atoms with E-state index in [1.165, 1.54) is 0 Å². The molecule has 2 aromatic rings. The van der Waals surface area contributed by atoms with Gasteiger partial charge in [-0.3, -0.25) is 0 Å². The van der Waals surface area contributed by atoms with Crippen molar-refractivity contribution >= 4 is 31.9 Å². The molecule has 0 atom stereocenters. The van der Waals surface area contributed by atoms with Gasteiger partial charge in [-0.15, -0.1) is 0 Å². The van der Waals surface area contributed by atoms with Crippen LogP contribution in [0.5, 0.6) is 0 Å². The van der Waals surface area contributed by atoms with Crippen molar-refractivity contribution < 1.29 is 0 Å². The van der Waals surface area contributed by atoms with E-state index >= 15 is 0 Å². The first kappa shape index (κ1) is 9.73. The predicted molar refractivity (Wildman–Crippen MR) is 60.7 cm³/mol. The van der Waals surface area contributed by atoms with E-state index in [2.05, 4.69) is 46.8 Å². The zero-order valence-corrected chi connectivity index (χ0v) is 10.2. The smallest absolute Gasteiger partial charge is 0.197 e. The zero-order chi connectivity index (χ0) is 9.97. The molecular weight excluding hydrogens is 310 g/mol. The number of pyridine rings is 1. The summed E-state index contributed by atoms with van der Waals surface area (Å²) in [6, 6.07) is 5.66. The SMILES string of the molecule is Brc1nccc(-c2cccnc2Br)n1. The first-order valence-electron chi connectivity index (χ1n) is 3.87. The van der Waals surface area contributed by atoms with Crippen LogP contribution in [0.4, 0.5) is 0 Å². The van der Waals surface area contributed by atoms with Crippen molar-refractivity contribution in [2.75, 3.05) is 0 Å². The minimum absolute atomic E-state index is 0.575. The van der Waals surface area contributed by atoms with E-state index in [0.29, 0.717) is 4.73 Å². The minimum Gasteiger partial charge on any atom is -0.249 e. The van der Waals surface area contributed by atoms with Gasteiger partial charge in [0.05, 0.1) is 5.69 Å². The van der Waals surface area contributed by atoms with Gasteiger partial charge < -0.3 is 0 Å². The highest BCUT2D eigenvalue weighted by molar-refractivity contribution is 9.10. The van der Waals surface area contributed by atoms with Crippen LogP contribution in [-0.2, 0) is 0 Å². The molecule has 0 bridgehead atoms. The van der Waals surface area contributed by atoms with Gasteiger partial charge in [0.1, 0.15) is 4.60 Å². The molecule has 0 radical (unpaired) electrons. The van der Waals surface area contributed by atoms with Crippen molar-refractivity contribution in [1.29, 1.82) is 0 Å². The largest absolute Gasteiger partial charge is 0.249 e. The van der Waals surface area contributed by atoms with Gasteiger partial charge in [0.25, 0.3) is 0 Å². The molecule has 2 aromatic heterocycles. The summed E-state index contributed by atoms with van der Waals surface area (Å²) in [6.45, 7) is 0. The molecule has 14 heavy (non-hydrogen) atoms. The van der Waals surface area contributed by atoms with Gasteiger partial charge in [-0.1, -0.05) is 0 Å². The molecule has 0 amide bonds. The Morgan fingerprint density at radius 3 is 2.57 bits per heavy atom. The Morgan fingerprint density at radius 2 is 1.86 bits per heavy atom. The molecule has 0 aromatic carbocycles. The highest BCUT2D eigenvalue weighted by Gasteiger charge is 2.04. The van der Waals surface area contributed by atoms with Crippen molar-refractivity contribution in [3.05, 3.63) is 39.9 Å². The van der Waals surface area contributed by atoms with Crippen LogP contribution in [0.2, 0.25) is 0 Å². The fraction of sp³-hybridized carbons (Fsp3) is 0. The highest BCUT2D eigenvalue weighted by atomic mass is 79.9. The van der Waals surface area contributed by atoms with Crippen molar-refractivity contribution in [2.24, 2.45) is 0 Å². The van der Waals surface area contributed by atoms with Crippen LogP contribution in [-0.4, -0.2) is 15.0 Å². The average Bonchev–Trinajstić information content (AvgIpc) is 2.18. The number of nitrogens with zero attached hydrogens (tertiary/aromatic N) is 3. The second-order valence-corrected chi connectivity index (χ2v) is 4.01. The molecule has 2 rings (SSSR count). The molecule has 3 nitrogen and oxygen atoms in total. The molecule has 0 unspecified atom stereocenters. The molecule has 0 saturated carbocycles. The van der Waals surface area contributed by atoms with E-state index in [-0.39, 0.29) is 0 Å². The number of aromatic nitrogens is 3. The maximum Gasteiger partial charge on any atom is 0.197 e. The summed E-state index contributed by atoms with van der Waals surface area (Å²) in [6.07, 6.45) is 3.43. The average molecular weight is 315 g/mol. The third-order valence-electron chi connectivity index (χ3n) is 1.66. The first-order chi connectivity index (χ1) is 6.77. The van der Waals surface area contributed by atoms with Crippen molar-refractivity contribution in [1.82, 2.24) is 15.0 Å². The Labute approximate surface area is 97.9 Å². The molecular formula is C9H5Br2N3. The van der Waals surface area contributed by atoms with Crippen LogP contribution in [0.25, 0.3) is 11.3 Å². The Balaban J connectivity index is 2.55.